The molecule has 2 amide bonds. The fraction of sp³-hybridized carbons (Fsp3) is 0.250. The molecule has 2 rings (SSSR count). The summed E-state index contributed by atoms with van der Waals surface area (Å²) in [5.41, 5.74) is 3.17. The summed E-state index contributed by atoms with van der Waals surface area (Å²) in [5, 5.41) is 20.4. The highest BCUT2D eigenvalue weighted by atomic mass is 16.2. The van der Waals surface area contributed by atoms with Gasteiger partial charge in [0.25, 0.3) is 0 Å². The second-order valence-corrected chi connectivity index (χ2v) is 5.99. The van der Waals surface area contributed by atoms with Gasteiger partial charge in [0.15, 0.2) is 0 Å². The standard InChI is InChI=1S/C20H20N4O/c1-15(2)24(14-18-5-3-17(13-22)4-6-18)20(25)23-19-9-7-16(8-10-19)11-12-21/h3-10,15H,11,14H2,1-2H3,(H,23,25). The first-order valence-corrected chi connectivity index (χ1v) is 8.06. The highest BCUT2D eigenvalue weighted by molar-refractivity contribution is 5.89. The molecule has 1 N–H and O–H groups in total. The first-order chi connectivity index (χ1) is 12.0. The van der Waals surface area contributed by atoms with E-state index in [9.17, 15) is 4.79 Å². The van der Waals surface area contributed by atoms with Gasteiger partial charge in [-0.2, -0.15) is 10.5 Å². The average Bonchev–Trinajstić information content (AvgIpc) is 2.61. The normalized spacial score (nSPS) is 9.96. The summed E-state index contributed by atoms with van der Waals surface area (Å²) in [6.45, 7) is 4.38. The van der Waals surface area contributed by atoms with Crippen molar-refractivity contribution in [1.82, 2.24) is 4.90 Å². The molecule has 0 aliphatic heterocycles. The van der Waals surface area contributed by atoms with Crippen LogP contribution in [0.4, 0.5) is 10.5 Å². The van der Waals surface area contributed by atoms with Gasteiger partial charge in [-0.25, -0.2) is 4.79 Å². The van der Waals surface area contributed by atoms with Crippen LogP contribution in [0.5, 0.6) is 0 Å². The van der Waals surface area contributed by atoms with Gasteiger partial charge in [-0.05, 0) is 49.2 Å². The summed E-state index contributed by atoms with van der Waals surface area (Å²) in [7, 11) is 0. The third kappa shape index (κ3) is 5.09. The quantitative estimate of drug-likeness (QED) is 0.896. The second-order valence-electron chi connectivity index (χ2n) is 5.99. The summed E-state index contributed by atoms with van der Waals surface area (Å²) in [4.78, 5) is 14.3. The number of hydrogen-bond acceptors (Lipinski definition) is 3. The van der Waals surface area contributed by atoms with Gasteiger partial charge in [0.05, 0.1) is 24.1 Å². The van der Waals surface area contributed by atoms with Crippen molar-refractivity contribution in [3.05, 3.63) is 65.2 Å². The zero-order chi connectivity index (χ0) is 18.2. The first-order valence-electron chi connectivity index (χ1n) is 8.06. The molecule has 0 aliphatic rings. The number of amides is 2. The maximum atomic E-state index is 12.6. The van der Waals surface area contributed by atoms with Gasteiger partial charge < -0.3 is 10.2 Å². The van der Waals surface area contributed by atoms with Crippen molar-refractivity contribution in [3.8, 4) is 12.1 Å². The van der Waals surface area contributed by atoms with E-state index in [1.54, 1.807) is 29.2 Å². The fourth-order valence-electron chi connectivity index (χ4n) is 2.36. The van der Waals surface area contributed by atoms with Crippen LogP contribution in [0.15, 0.2) is 48.5 Å². The predicted octanol–water partition coefficient (Wildman–Crippen LogP) is 4.07. The van der Waals surface area contributed by atoms with Crippen LogP contribution in [0.1, 0.15) is 30.5 Å². The Labute approximate surface area is 148 Å². The Kier molecular flexibility index (Phi) is 6.14. The third-order valence-electron chi connectivity index (χ3n) is 3.81. The molecule has 126 valence electrons. The Balaban J connectivity index is 2.06. The molecule has 25 heavy (non-hydrogen) atoms. The molecule has 5 heteroatoms. The van der Waals surface area contributed by atoms with Crippen LogP contribution in [0.25, 0.3) is 0 Å². The number of nitriles is 2. The van der Waals surface area contributed by atoms with Crippen LogP contribution >= 0.6 is 0 Å². The van der Waals surface area contributed by atoms with Gasteiger partial charge in [0.2, 0.25) is 0 Å². The number of rotatable bonds is 5. The van der Waals surface area contributed by atoms with E-state index in [2.05, 4.69) is 17.5 Å². The Morgan fingerprint density at radius 2 is 1.64 bits per heavy atom. The molecule has 0 atom stereocenters. The van der Waals surface area contributed by atoms with E-state index in [0.717, 1.165) is 11.1 Å². The zero-order valence-electron chi connectivity index (χ0n) is 14.4. The Morgan fingerprint density at radius 1 is 1.04 bits per heavy atom. The number of urea groups is 1. The molecular weight excluding hydrogens is 312 g/mol. The van der Waals surface area contributed by atoms with Crippen molar-refractivity contribution in [2.45, 2.75) is 32.9 Å². The first kappa shape index (κ1) is 18.0. The molecule has 0 aliphatic carbocycles. The van der Waals surface area contributed by atoms with Crippen molar-refractivity contribution in [3.63, 3.8) is 0 Å². The molecule has 5 nitrogen and oxygen atoms in total. The minimum atomic E-state index is -0.188. The molecule has 0 spiro atoms. The van der Waals surface area contributed by atoms with Crippen LogP contribution in [-0.2, 0) is 13.0 Å². The number of anilines is 1. The van der Waals surface area contributed by atoms with Crippen LogP contribution in [0.2, 0.25) is 0 Å². The minimum Gasteiger partial charge on any atom is -0.318 e. The van der Waals surface area contributed by atoms with Crippen LogP contribution < -0.4 is 5.32 Å². The molecule has 0 bridgehead atoms. The number of nitrogens with one attached hydrogen (secondary N) is 1. The lowest BCUT2D eigenvalue weighted by Gasteiger charge is -2.27. The van der Waals surface area contributed by atoms with Crippen molar-refractivity contribution in [2.75, 3.05) is 5.32 Å². The van der Waals surface area contributed by atoms with Crippen LogP contribution in [-0.4, -0.2) is 17.0 Å². The molecule has 0 saturated heterocycles. The lowest BCUT2D eigenvalue weighted by atomic mass is 10.1. The molecule has 0 heterocycles. The van der Waals surface area contributed by atoms with Crippen molar-refractivity contribution in [1.29, 1.82) is 10.5 Å². The Morgan fingerprint density at radius 3 is 2.16 bits per heavy atom. The summed E-state index contributed by atoms with van der Waals surface area (Å²) < 4.78 is 0. The minimum absolute atomic E-state index is 0.0218. The lowest BCUT2D eigenvalue weighted by Crippen LogP contribution is -2.39. The number of nitrogens with zero attached hydrogens (tertiary/aromatic N) is 3. The molecule has 0 saturated carbocycles. The number of benzene rings is 2. The van der Waals surface area contributed by atoms with E-state index >= 15 is 0 Å². The fourth-order valence-corrected chi connectivity index (χ4v) is 2.36. The van der Waals surface area contributed by atoms with E-state index in [-0.39, 0.29) is 12.1 Å². The van der Waals surface area contributed by atoms with Crippen molar-refractivity contribution >= 4 is 11.7 Å². The van der Waals surface area contributed by atoms with Gasteiger partial charge in [-0.1, -0.05) is 24.3 Å². The lowest BCUT2D eigenvalue weighted by molar-refractivity contribution is 0.193. The monoisotopic (exact) mass is 332 g/mol. The number of carbonyl (C=O) groups is 1. The van der Waals surface area contributed by atoms with Crippen molar-refractivity contribution in [2.24, 2.45) is 0 Å². The zero-order valence-corrected chi connectivity index (χ0v) is 14.4. The molecule has 2 aromatic carbocycles. The summed E-state index contributed by atoms with van der Waals surface area (Å²) in [5.74, 6) is 0. The van der Waals surface area contributed by atoms with E-state index in [1.807, 2.05) is 38.1 Å². The van der Waals surface area contributed by atoms with E-state index in [4.69, 9.17) is 10.5 Å². The Bertz CT molecular complexity index is 796. The van der Waals surface area contributed by atoms with E-state index < -0.39 is 0 Å². The maximum Gasteiger partial charge on any atom is 0.322 e. The molecule has 0 aromatic heterocycles. The largest absolute Gasteiger partial charge is 0.322 e. The average molecular weight is 332 g/mol. The number of carbonyl (C=O) groups excluding carboxylic acids is 1. The van der Waals surface area contributed by atoms with Crippen LogP contribution in [0, 0.1) is 22.7 Å². The highest BCUT2D eigenvalue weighted by Crippen LogP contribution is 2.14. The molecule has 0 unspecified atom stereocenters. The van der Waals surface area contributed by atoms with E-state index in [0.29, 0.717) is 24.2 Å². The van der Waals surface area contributed by atoms with E-state index in [1.165, 1.54) is 0 Å². The topological polar surface area (TPSA) is 79.9 Å². The summed E-state index contributed by atoms with van der Waals surface area (Å²) >= 11 is 0. The van der Waals surface area contributed by atoms with Crippen LogP contribution in [0.3, 0.4) is 0 Å². The van der Waals surface area contributed by atoms with Crippen molar-refractivity contribution < 1.29 is 4.79 Å². The molecule has 0 fully saturated rings. The number of hydrogen-bond donors (Lipinski definition) is 1. The summed E-state index contributed by atoms with van der Waals surface area (Å²) in [6, 6.07) is 18.5. The van der Waals surface area contributed by atoms with Gasteiger partial charge in [-0.3, -0.25) is 0 Å². The van der Waals surface area contributed by atoms with Gasteiger partial charge in [-0.15, -0.1) is 0 Å². The molecule has 2 aromatic rings. The second kappa shape index (κ2) is 8.52. The SMILES string of the molecule is CC(C)N(Cc1ccc(C#N)cc1)C(=O)Nc1ccc(CC#N)cc1. The van der Waals surface area contributed by atoms with Gasteiger partial charge in [0, 0.05) is 18.3 Å². The summed E-state index contributed by atoms with van der Waals surface area (Å²) in [6.07, 6.45) is 0.352. The molecular formula is C20H20N4O. The smallest absolute Gasteiger partial charge is 0.318 e. The molecule has 0 radical (unpaired) electrons. The highest BCUT2D eigenvalue weighted by Gasteiger charge is 2.17. The predicted molar refractivity (Wildman–Crippen MR) is 96.6 cm³/mol. The third-order valence-corrected chi connectivity index (χ3v) is 3.81. The Hall–Kier alpha value is -3.31. The maximum absolute atomic E-state index is 12.6. The van der Waals surface area contributed by atoms with Gasteiger partial charge >= 0.3 is 6.03 Å². The van der Waals surface area contributed by atoms with Gasteiger partial charge in [0.1, 0.15) is 0 Å².